The first-order chi connectivity index (χ1) is 11.0. The fourth-order valence-electron chi connectivity index (χ4n) is 2.90. The number of methoxy groups -OCH3 is 1. The molecule has 1 amide bonds. The Balaban J connectivity index is 1.86. The lowest BCUT2D eigenvalue weighted by Crippen LogP contribution is -2.41. The van der Waals surface area contributed by atoms with Crippen molar-refractivity contribution in [3.8, 4) is 0 Å². The molecule has 0 aliphatic carbocycles. The van der Waals surface area contributed by atoms with Gasteiger partial charge in [-0.2, -0.15) is 0 Å². The molecular formula is C15H19N5O3. The van der Waals surface area contributed by atoms with Crippen LogP contribution < -0.4 is 5.56 Å². The number of fused-ring (bicyclic) bond motifs is 1. The summed E-state index contributed by atoms with van der Waals surface area (Å²) in [6.07, 6.45) is 1.56. The van der Waals surface area contributed by atoms with Crippen molar-refractivity contribution in [1.29, 1.82) is 0 Å². The highest BCUT2D eigenvalue weighted by atomic mass is 16.5. The van der Waals surface area contributed by atoms with Crippen molar-refractivity contribution >= 4 is 5.91 Å². The molecule has 8 nitrogen and oxygen atoms in total. The Labute approximate surface area is 133 Å². The fourth-order valence-corrected chi connectivity index (χ4v) is 2.90. The van der Waals surface area contributed by atoms with Gasteiger partial charge in [0.15, 0.2) is 11.6 Å². The van der Waals surface area contributed by atoms with Crippen LogP contribution in [0.5, 0.6) is 0 Å². The number of pyridine rings is 1. The van der Waals surface area contributed by atoms with E-state index in [0.717, 1.165) is 11.6 Å². The first-order valence-corrected chi connectivity index (χ1v) is 7.38. The maximum atomic E-state index is 12.7. The number of hydrogen-bond acceptors (Lipinski definition) is 5. The van der Waals surface area contributed by atoms with Crippen LogP contribution in [0.15, 0.2) is 23.1 Å². The SMILES string of the molecule is COCc1nnc2n1[C@@H](C)CN(C(=O)c1ccc(=O)n(C)c1)C2. The van der Waals surface area contributed by atoms with Gasteiger partial charge in [-0.15, -0.1) is 10.2 Å². The predicted molar refractivity (Wildman–Crippen MR) is 81.9 cm³/mol. The van der Waals surface area contributed by atoms with Crippen LogP contribution in [0.2, 0.25) is 0 Å². The van der Waals surface area contributed by atoms with E-state index in [-0.39, 0.29) is 17.5 Å². The molecule has 8 heteroatoms. The molecule has 0 spiro atoms. The Bertz CT molecular complexity index is 795. The van der Waals surface area contributed by atoms with Crippen molar-refractivity contribution in [2.75, 3.05) is 13.7 Å². The second kappa shape index (κ2) is 5.96. The van der Waals surface area contributed by atoms with Crippen LogP contribution in [-0.4, -0.2) is 43.8 Å². The maximum absolute atomic E-state index is 12.7. The molecule has 2 aromatic heterocycles. The minimum atomic E-state index is -0.141. The van der Waals surface area contributed by atoms with Crippen LogP contribution in [0.3, 0.4) is 0 Å². The Kier molecular flexibility index (Phi) is 3.99. The monoisotopic (exact) mass is 317 g/mol. The van der Waals surface area contributed by atoms with E-state index in [1.807, 2.05) is 11.5 Å². The molecule has 0 N–H and O–H groups in total. The molecule has 0 aromatic carbocycles. The van der Waals surface area contributed by atoms with Gasteiger partial charge in [-0.25, -0.2) is 0 Å². The van der Waals surface area contributed by atoms with Crippen molar-refractivity contribution in [3.63, 3.8) is 0 Å². The number of amides is 1. The molecule has 0 saturated carbocycles. The molecule has 1 aliphatic rings. The third-order valence-corrected chi connectivity index (χ3v) is 3.99. The third kappa shape index (κ3) is 2.77. The molecule has 0 bridgehead atoms. The van der Waals surface area contributed by atoms with E-state index in [4.69, 9.17) is 4.74 Å². The molecule has 3 heterocycles. The second-order valence-corrected chi connectivity index (χ2v) is 5.74. The van der Waals surface area contributed by atoms with Gasteiger partial charge < -0.3 is 18.8 Å². The number of ether oxygens (including phenoxy) is 1. The molecule has 0 fully saturated rings. The zero-order valence-corrected chi connectivity index (χ0v) is 13.4. The average molecular weight is 317 g/mol. The smallest absolute Gasteiger partial charge is 0.255 e. The van der Waals surface area contributed by atoms with E-state index in [9.17, 15) is 9.59 Å². The highest BCUT2D eigenvalue weighted by Crippen LogP contribution is 2.23. The Morgan fingerprint density at radius 1 is 1.39 bits per heavy atom. The first kappa shape index (κ1) is 15.4. The van der Waals surface area contributed by atoms with Crippen LogP contribution in [-0.2, 0) is 24.9 Å². The summed E-state index contributed by atoms with van der Waals surface area (Å²) in [5.41, 5.74) is 0.349. The molecular weight excluding hydrogens is 298 g/mol. The van der Waals surface area contributed by atoms with Gasteiger partial charge in [0.1, 0.15) is 6.61 Å². The van der Waals surface area contributed by atoms with E-state index in [1.54, 1.807) is 31.3 Å². The minimum absolute atomic E-state index is 0.0652. The molecule has 0 unspecified atom stereocenters. The van der Waals surface area contributed by atoms with Gasteiger partial charge in [0, 0.05) is 33.0 Å². The third-order valence-electron chi connectivity index (χ3n) is 3.99. The average Bonchev–Trinajstić information content (AvgIpc) is 2.93. The molecule has 3 rings (SSSR count). The van der Waals surface area contributed by atoms with E-state index < -0.39 is 0 Å². The zero-order valence-electron chi connectivity index (χ0n) is 13.4. The summed E-state index contributed by atoms with van der Waals surface area (Å²) in [5.74, 6) is 1.40. The van der Waals surface area contributed by atoms with E-state index in [2.05, 4.69) is 10.2 Å². The summed E-state index contributed by atoms with van der Waals surface area (Å²) >= 11 is 0. The lowest BCUT2D eigenvalue weighted by atomic mass is 10.1. The van der Waals surface area contributed by atoms with Gasteiger partial charge >= 0.3 is 0 Å². The number of aromatic nitrogens is 4. The van der Waals surface area contributed by atoms with Crippen LogP contribution in [0.4, 0.5) is 0 Å². The van der Waals surface area contributed by atoms with E-state index in [1.165, 1.54) is 10.6 Å². The summed E-state index contributed by atoms with van der Waals surface area (Å²) < 4.78 is 8.56. The van der Waals surface area contributed by atoms with Crippen LogP contribution in [0, 0.1) is 0 Å². The summed E-state index contributed by atoms with van der Waals surface area (Å²) in [7, 11) is 3.25. The van der Waals surface area contributed by atoms with Crippen molar-refractivity contribution in [2.45, 2.75) is 26.1 Å². The van der Waals surface area contributed by atoms with Gasteiger partial charge in [-0.1, -0.05) is 0 Å². The first-order valence-electron chi connectivity index (χ1n) is 7.38. The van der Waals surface area contributed by atoms with E-state index >= 15 is 0 Å². The van der Waals surface area contributed by atoms with Crippen molar-refractivity contribution in [2.24, 2.45) is 7.05 Å². The molecule has 1 aliphatic heterocycles. The molecule has 122 valence electrons. The topological polar surface area (TPSA) is 82.2 Å². The van der Waals surface area contributed by atoms with Crippen LogP contribution in [0.25, 0.3) is 0 Å². The summed E-state index contributed by atoms with van der Waals surface area (Å²) in [4.78, 5) is 25.9. The number of carbonyl (C=O) groups excluding carboxylic acids is 1. The number of rotatable bonds is 3. The van der Waals surface area contributed by atoms with E-state index in [0.29, 0.717) is 25.3 Å². The number of aryl methyl sites for hydroxylation is 1. The van der Waals surface area contributed by atoms with Crippen molar-refractivity contribution in [3.05, 3.63) is 45.9 Å². The summed E-state index contributed by atoms with van der Waals surface area (Å²) in [6.45, 7) is 3.37. The standard InChI is InChI=1S/C15H19N5O3/c1-10-6-19(8-12-16-17-13(9-23-3)20(10)12)15(22)11-4-5-14(21)18(2)7-11/h4-5,7,10H,6,8-9H2,1-3H3/t10-/m0/s1. The quantitative estimate of drug-likeness (QED) is 0.815. The minimum Gasteiger partial charge on any atom is -0.377 e. The molecule has 23 heavy (non-hydrogen) atoms. The Hall–Kier alpha value is -2.48. The number of nitrogens with zero attached hydrogens (tertiary/aromatic N) is 5. The highest BCUT2D eigenvalue weighted by molar-refractivity contribution is 5.93. The maximum Gasteiger partial charge on any atom is 0.255 e. The molecule has 0 radical (unpaired) electrons. The molecule has 0 saturated heterocycles. The van der Waals surface area contributed by atoms with Gasteiger partial charge in [-0.3, -0.25) is 9.59 Å². The molecule has 2 aromatic rings. The van der Waals surface area contributed by atoms with Crippen molar-refractivity contribution < 1.29 is 9.53 Å². The largest absolute Gasteiger partial charge is 0.377 e. The zero-order chi connectivity index (χ0) is 16.6. The number of hydrogen-bond donors (Lipinski definition) is 0. The summed E-state index contributed by atoms with van der Waals surface area (Å²) in [5, 5.41) is 8.30. The van der Waals surface area contributed by atoms with Crippen molar-refractivity contribution in [1.82, 2.24) is 24.2 Å². The summed E-state index contributed by atoms with van der Waals surface area (Å²) in [6, 6.07) is 3.03. The second-order valence-electron chi connectivity index (χ2n) is 5.74. The normalized spacial score (nSPS) is 17.2. The predicted octanol–water partition coefficient (Wildman–Crippen LogP) is 0.340. The number of carbonyl (C=O) groups is 1. The Morgan fingerprint density at radius 3 is 2.87 bits per heavy atom. The lowest BCUT2D eigenvalue weighted by molar-refractivity contribution is 0.0674. The van der Waals surface area contributed by atoms with Gasteiger partial charge in [0.05, 0.1) is 18.2 Å². The Morgan fingerprint density at radius 2 is 2.17 bits per heavy atom. The van der Waals surface area contributed by atoms with Crippen LogP contribution in [0.1, 0.15) is 35.0 Å². The molecule has 1 atom stereocenters. The van der Waals surface area contributed by atoms with Gasteiger partial charge in [-0.05, 0) is 13.0 Å². The lowest BCUT2D eigenvalue weighted by Gasteiger charge is -2.32. The highest BCUT2D eigenvalue weighted by Gasteiger charge is 2.29. The van der Waals surface area contributed by atoms with Gasteiger partial charge in [0.25, 0.3) is 5.91 Å². The fraction of sp³-hybridized carbons (Fsp3) is 0.467. The van der Waals surface area contributed by atoms with Crippen LogP contribution >= 0.6 is 0 Å². The van der Waals surface area contributed by atoms with Gasteiger partial charge in [0.2, 0.25) is 5.56 Å².